The second kappa shape index (κ2) is 5.77. The topological polar surface area (TPSA) is 81.9 Å². The van der Waals surface area contributed by atoms with Gasteiger partial charge in [0.25, 0.3) is 0 Å². The molecule has 2 rings (SSSR count). The van der Waals surface area contributed by atoms with Gasteiger partial charge in [0, 0.05) is 18.3 Å². The van der Waals surface area contributed by atoms with Crippen molar-refractivity contribution >= 4 is 17.3 Å². The summed E-state index contributed by atoms with van der Waals surface area (Å²) in [6, 6.07) is 4.31. The van der Waals surface area contributed by atoms with Crippen molar-refractivity contribution in [1.29, 1.82) is 0 Å². The van der Waals surface area contributed by atoms with Gasteiger partial charge in [-0.1, -0.05) is 0 Å². The van der Waals surface area contributed by atoms with Gasteiger partial charge >= 0.3 is 11.7 Å². The number of rotatable bonds is 4. The van der Waals surface area contributed by atoms with Crippen LogP contribution in [0.5, 0.6) is 5.75 Å². The van der Waals surface area contributed by atoms with E-state index in [1.54, 1.807) is 12.1 Å². The lowest BCUT2D eigenvalue weighted by Gasteiger charge is -2.24. The molecule has 7 heteroatoms. The largest absolute Gasteiger partial charge is 0.490 e. The number of carbonyl (C=O) groups is 1. The zero-order valence-electron chi connectivity index (χ0n) is 11.4. The molecule has 1 aromatic carbocycles. The smallest absolute Gasteiger partial charge is 0.328 e. The lowest BCUT2D eigenvalue weighted by molar-refractivity contribution is -0.385. The maximum absolute atomic E-state index is 11.7. The van der Waals surface area contributed by atoms with Gasteiger partial charge in [-0.2, -0.15) is 0 Å². The van der Waals surface area contributed by atoms with Crippen LogP contribution in [-0.2, 0) is 9.53 Å². The summed E-state index contributed by atoms with van der Waals surface area (Å²) in [7, 11) is 2.73. The molecule has 1 aromatic rings. The number of methoxy groups -OCH3 is 2. The fourth-order valence-electron chi connectivity index (χ4n) is 2.46. The highest BCUT2D eigenvalue weighted by molar-refractivity contribution is 5.81. The second-order valence-electron chi connectivity index (χ2n) is 4.49. The quantitative estimate of drug-likeness (QED) is 0.474. The second-order valence-corrected chi connectivity index (χ2v) is 4.49. The van der Waals surface area contributed by atoms with Crippen LogP contribution in [0.25, 0.3) is 0 Å². The number of esters is 1. The van der Waals surface area contributed by atoms with Gasteiger partial charge in [-0.15, -0.1) is 0 Å². The summed E-state index contributed by atoms with van der Waals surface area (Å²) < 4.78 is 9.74. The van der Waals surface area contributed by atoms with Crippen molar-refractivity contribution in [3.8, 4) is 5.75 Å². The van der Waals surface area contributed by atoms with Crippen LogP contribution in [-0.4, -0.2) is 37.7 Å². The fourth-order valence-corrected chi connectivity index (χ4v) is 2.46. The Morgan fingerprint density at radius 1 is 1.45 bits per heavy atom. The van der Waals surface area contributed by atoms with Gasteiger partial charge in [-0.05, 0) is 25.0 Å². The van der Waals surface area contributed by atoms with Crippen molar-refractivity contribution in [2.75, 3.05) is 25.7 Å². The van der Waals surface area contributed by atoms with Gasteiger partial charge in [0.2, 0.25) is 0 Å². The maximum Gasteiger partial charge on any atom is 0.328 e. The molecule has 0 bridgehead atoms. The van der Waals surface area contributed by atoms with E-state index in [4.69, 9.17) is 9.47 Å². The number of nitrogens with zero attached hydrogens (tertiary/aromatic N) is 2. The van der Waals surface area contributed by atoms with E-state index in [0.717, 1.165) is 6.42 Å². The van der Waals surface area contributed by atoms with Crippen molar-refractivity contribution in [3.05, 3.63) is 28.3 Å². The van der Waals surface area contributed by atoms with Gasteiger partial charge in [0.15, 0.2) is 5.75 Å². The Balaban J connectivity index is 2.35. The van der Waals surface area contributed by atoms with Crippen LogP contribution in [0.4, 0.5) is 11.4 Å². The zero-order valence-corrected chi connectivity index (χ0v) is 11.4. The summed E-state index contributed by atoms with van der Waals surface area (Å²) in [5.41, 5.74) is 0.519. The minimum Gasteiger partial charge on any atom is -0.490 e. The molecule has 0 aromatic heterocycles. The number of carbonyl (C=O) groups excluding carboxylic acids is 1. The Morgan fingerprint density at radius 2 is 2.20 bits per heavy atom. The van der Waals surface area contributed by atoms with Gasteiger partial charge in [-0.25, -0.2) is 4.79 Å². The zero-order chi connectivity index (χ0) is 14.7. The Bertz CT molecular complexity index is 531. The first-order chi connectivity index (χ1) is 9.58. The van der Waals surface area contributed by atoms with Crippen molar-refractivity contribution in [3.63, 3.8) is 0 Å². The Kier molecular flexibility index (Phi) is 4.07. The first-order valence-electron chi connectivity index (χ1n) is 6.25. The molecule has 0 saturated carbocycles. The highest BCUT2D eigenvalue weighted by atomic mass is 16.6. The molecule has 0 aliphatic carbocycles. The van der Waals surface area contributed by atoms with Crippen LogP contribution in [0.2, 0.25) is 0 Å². The molecular weight excluding hydrogens is 264 g/mol. The summed E-state index contributed by atoms with van der Waals surface area (Å²) in [6.07, 6.45) is 1.53. The minimum absolute atomic E-state index is 0.111. The SMILES string of the molecule is COC(=O)[C@@H]1CCCN1c1ccc(OC)c([N+](=O)[O-])c1. The normalized spacial score (nSPS) is 17.9. The first-order valence-corrected chi connectivity index (χ1v) is 6.25. The molecule has 0 radical (unpaired) electrons. The van der Waals surface area contributed by atoms with Crippen LogP contribution in [0.1, 0.15) is 12.8 Å². The monoisotopic (exact) mass is 280 g/mol. The van der Waals surface area contributed by atoms with Gasteiger partial charge in [0.1, 0.15) is 6.04 Å². The molecule has 108 valence electrons. The molecule has 7 nitrogen and oxygen atoms in total. The van der Waals surface area contributed by atoms with E-state index < -0.39 is 4.92 Å². The minimum atomic E-state index is -0.494. The summed E-state index contributed by atoms with van der Waals surface area (Å²) >= 11 is 0. The number of benzene rings is 1. The van der Waals surface area contributed by atoms with E-state index in [0.29, 0.717) is 18.7 Å². The lowest BCUT2D eigenvalue weighted by Crippen LogP contribution is -2.36. The highest BCUT2D eigenvalue weighted by Crippen LogP contribution is 2.34. The standard InChI is InChI=1S/C13H16N2O5/c1-19-12-6-5-9(8-11(12)15(17)18)14-7-3-4-10(14)13(16)20-2/h5-6,8,10H,3-4,7H2,1-2H3/t10-/m0/s1. The Hall–Kier alpha value is -2.31. The van der Waals surface area contributed by atoms with Crippen molar-refractivity contribution in [2.45, 2.75) is 18.9 Å². The maximum atomic E-state index is 11.7. The molecule has 0 unspecified atom stereocenters. The summed E-state index contributed by atoms with van der Waals surface area (Å²) in [5.74, 6) is -0.117. The third-order valence-electron chi connectivity index (χ3n) is 3.42. The highest BCUT2D eigenvalue weighted by Gasteiger charge is 2.32. The third-order valence-corrected chi connectivity index (χ3v) is 3.42. The van der Waals surface area contributed by atoms with Gasteiger partial charge < -0.3 is 14.4 Å². The van der Waals surface area contributed by atoms with E-state index in [2.05, 4.69) is 0 Å². The van der Waals surface area contributed by atoms with Crippen LogP contribution < -0.4 is 9.64 Å². The lowest BCUT2D eigenvalue weighted by atomic mass is 10.2. The average Bonchev–Trinajstić information content (AvgIpc) is 2.95. The molecule has 0 N–H and O–H groups in total. The van der Waals surface area contributed by atoms with E-state index in [-0.39, 0.29) is 23.4 Å². The summed E-state index contributed by atoms with van der Waals surface area (Å²) in [4.78, 5) is 24.1. The van der Waals surface area contributed by atoms with Gasteiger partial charge in [0.05, 0.1) is 19.1 Å². The number of hydrogen-bond acceptors (Lipinski definition) is 6. The summed E-state index contributed by atoms with van der Waals surface area (Å²) in [5, 5.41) is 11.0. The molecule has 0 amide bonds. The van der Waals surface area contributed by atoms with E-state index in [1.165, 1.54) is 20.3 Å². The van der Waals surface area contributed by atoms with Crippen molar-refractivity contribution < 1.29 is 19.2 Å². The third kappa shape index (κ3) is 2.52. The van der Waals surface area contributed by atoms with E-state index in [1.807, 2.05) is 4.90 Å². The number of anilines is 1. The molecule has 1 aliphatic heterocycles. The molecule has 1 heterocycles. The van der Waals surface area contributed by atoms with Crippen molar-refractivity contribution in [2.24, 2.45) is 0 Å². The van der Waals surface area contributed by atoms with Crippen LogP contribution >= 0.6 is 0 Å². The number of ether oxygens (including phenoxy) is 2. The predicted octanol–water partition coefficient (Wildman–Crippen LogP) is 1.75. The molecule has 1 fully saturated rings. The van der Waals surface area contributed by atoms with Crippen LogP contribution in [0.3, 0.4) is 0 Å². The van der Waals surface area contributed by atoms with Crippen LogP contribution in [0, 0.1) is 10.1 Å². The van der Waals surface area contributed by atoms with E-state index >= 15 is 0 Å². The molecule has 1 saturated heterocycles. The fraction of sp³-hybridized carbons (Fsp3) is 0.462. The first kappa shape index (κ1) is 14.1. The molecular formula is C13H16N2O5. The number of nitro benzene ring substituents is 1. The Labute approximate surface area is 116 Å². The van der Waals surface area contributed by atoms with Crippen LogP contribution in [0.15, 0.2) is 18.2 Å². The summed E-state index contributed by atoms with van der Waals surface area (Å²) in [6.45, 7) is 0.670. The van der Waals surface area contributed by atoms with E-state index in [9.17, 15) is 14.9 Å². The van der Waals surface area contributed by atoms with Gasteiger partial charge in [-0.3, -0.25) is 10.1 Å². The number of hydrogen-bond donors (Lipinski definition) is 0. The predicted molar refractivity (Wildman–Crippen MR) is 72.0 cm³/mol. The van der Waals surface area contributed by atoms with Crippen molar-refractivity contribution in [1.82, 2.24) is 0 Å². The molecule has 20 heavy (non-hydrogen) atoms. The molecule has 1 aliphatic rings. The molecule has 1 atom stereocenters. The number of nitro groups is 1. The average molecular weight is 280 g/mol. The molecule has 0 spiro atoms. The Morgan fingerprint density at radius 3 is 2.80 bits per heavy atom.